The predicted octanol–water partition coefficient (Wildman–Crippen LogP) is 5.03. The number of aryl methyl sites for hydroxylation is 1. The predicted molar refractivity (Wildman–Crippen MR) is 161 cm³/mol. The first-order valence-electron chi connectivity index (χ1n) is 15.2. The van der Waals surface area contributed by atoms with Crippen molar-refractivity contribution in [3.8, 4) is 29.1 Å². The smallest absolute Gasteiger partial charge is 0.305 e. The number of esters is 1. The molecule has 1 unspecified atom stereocenters. The minimum absolute atomic E-state index is 0.0205. The molecule has 0 aromatic heterocycles. The molecule has 1 fully saturated rings. The summed E-state index contributed by atoms with van der Waals surface area (Å²) in [6.07, 6.45) is 4.13. The highest BCUT2D eigenvalue weighted by Crippen LogP contribution is 2.57. The monoisotopic (exact) mass is 587 g/mol. The third-order valence-corrected chi connectivity index (χ3v) is 9.74. The number of piperazine rings is 1. The molecule has 0 saturated carbocycles. The van der Waals surface area contributed by atoms with Gasteiger partial charge in [0.2, 0.25) is 6.79 Å². The molecular weight excluding hydrogens is 546 g/mol. The molecule has 0 N–H and O–H groups in total. The quantitative estimate of drug-likeness (QED) is 0.311. The Morgan fingerprint density at radius 1 is 1.14 bits per heavy atom. The Labute approximate surface area is 253 Å². The van der Waals surface area contributed by atoms with Crippen LogP contribution in [-0.2, 0) is 22.4 Å². The third kappa shape index (κ3) is 4.46. The van der Waals surface area contributed by atoms with E-state index in [0.29, 0.717) is 37.4 Å². The van der Waals surface area contributed by atoms with Crippen LogP contribution in [0.3, 0.4) is 0 Å². The molecule has 4 aliphatic rings. The molecular formula is C34H41N3O6. The van der Waals surface area contributed by atoms with Gasteiger partial charge in [-0.15, -0.1) is 0 Å². The zero-order chi connectivity index (χ0) is 30.6. The van der Waals surface area contributed by atoms with Crippen LogP contribution in [0.15, 0.2) is 18.7 Å². The number of ether oxygens (including phenoxy) is 5. The fourth-order valence-electron chi connectivity index (χ4n) is 8.11. The van der Waals surface area contributed by atoms with Crippen molar-refractivity contribution in [1.82, 2.24) is 9.80 Å². The minimum atomic E-state index is -0.443. The van der Waals surface area contributed by atoms with E-state index in [9.17, 15) is 10.1 Å². The van der Waals surface area contributed by atoms with Crippen LogP contribution >= 0.6 is 0 Å². The number of nitriles is 1. The van der Waals surface area contributed by atoms with Crippen molar-refractivity contribution in [3.05, 3.63) is 57.7 Å². The van der Waals surface area contributed by atoms with Gasteiger partial charge in [-0.1, -0.05) is 25.6 Å². The number of carbonyl (C=O) groups excluding carboxylic acids is 1. The molecule has 9 nitrogen and oxygen atoms in total. The summed E-state index contributed by atoms with van der Waals surface area (Å²) in [5.74, 6) is 2.69. The van der Waals surface area contributed by atoms with Gasteiger partial charge in [0.1, 0.15) is 30.8 Å². The molecule has 4 heterocycles. The minimum Gasteiger partial charge on any atom is -0.496 e. The van der Waals surface area contributed by atoms with Gasteiger partial charge in [0.05, 0.1) is 25.3 Å². The van der Waals surface area contributed by atoms with Crippen LogP contribution in [0.25, 0.3) is 0 Å². The zero-order valence-electron chi connectivity index (χ0n) is 26.0. The van der Waals surface area contributed by atoms with Crippen molar-refractivity contribution < 1.29 is 28.5 Å². The van der Waals surface area contributed by atoms with Gasteiger partial charge in [0.25, 0.3) is 0 Å². The number of fused-ring (bicyclic) bond motifs is 9. The van der Waals surface area contributed by atoms with Crippen molar-refractivity contribution in [2.45, 2.75) is 83.6 Å². The van der Waals surface area contributed by atoms with Gasteiger partial charge in [-0.25, -0.2) is 0 Å². The van der Waals surface area contributed by atoms with Crippen molar-refractivity contribution in [2.24, 2.45) is 0 Å². The van der Waals surface area contributed by atoms with Crippen LogP contribution in [0, 0.1) is 32.1 Å². The second-order valence-corrected chi connectivity index (χ2v) is 12.1. The Morgan fingerprint density at radius 2 is 1.91 bits per heavy atom. The van der Waals surface area contributed by atoms with Crippen LogP contribution in [0.5, 0.6) is 23.0 Å². The first-order chi connectivity index (χ1) is 20.8. The molecule has 2 bridgehead atoms. The normalized spacial score (nSPS) is 25.2. The number of carbonyl (C=O) groups is 1. The molecule has 5 atom stereocenters. The molecule has 0 aliphatic carbocycles. The molecule has 2 aromatic carbocycles. The topological polar surface area (TPSA) is 93.5 Å². The molecule has 1 saturated heterocycles. The van der Waals surface area contributed by atoms with Crippen molar-refractivity contribution >= 4 is 5.97 Å². The van der Waals surface area contributed by atoms with Gasteiger partial charge in [-0.05, 0) is 69.3 Å². The SMILES string of the molecule is C=CCOc1c(C)c2c(c3c1CC1[C@H]4c5c(cc(C)c(OC)c5C)C[C@@H]([C@H](C#N)N1[C@H]3COC(=O)CCC)N4C)OCO2. The lowest BCUT2D eigenvalue weighted by Gasteiger charge is -2.60. The molecule has 0 radical (unpaired) electrons. The summed E-state index contributed by atoms with van der Waals surface area (Å²) in [5.41, 5.74) is 7.52. The van der Waals surface area contributed by atoms with Gasteiger partial charge in [0.15, 0.2) is 11.5 Å². The van der Waals surface area contributed by atoms with Crippen LogP contribution in [-0.4, -0.2) is 68.1 Å². The van der Waals surface area contributed by atoms with Crippen LogP contribution < -0.4 is 18.9 Å². The molecule has 9 heteroatoms. The van der Waals surface area contributed by atoms with Gasteiger partial charge >= 0.3 is 5.97 Å². The lowest BCUT2D eigenvalue weighted by molar-refractivity contribution is -0.149. The summed E-state index contributed by atoms with van der Waals surface area (Å²) in [5, 5.41) is 10.8. The first-order valence-corrected chi connectivity index (χ1v) is 15.2. The van der Waals surface area contributed by atoms with Gasteiger partial charge in [-0.2, -0.15) is 5.26 Å². The maximum atomic E-state index is 12.7. The third-order valence-electron chi connectivity index (χ3n) is 9.74. The van der Waals surface area contributed by atoms with E-state index >= 15 is 0 Å². The summed E-state index contributed by atoms with van der Waals surface area (Å²) in [6.45, 7) is 12.6. The molecule has 0 amide bonds. The summed E-state index contributed by atoms with van der Waals surface area (Å²) in [7, 11) is 3.86. The molecule has 4 aliphatic heterocycles. The number of likely N-dealkylation sites (N-methyl/N-ethyl adjacent to an activating group) is 1. The number of benzene rings is 2. The number of methoxy groups -OCH3 is 1. The summed E-state index contributed by atoms with van der Waals surface area (Å²) >= 11 is 0. The first kappa shape index (κ1) is 29.3. The number of rotatable bonds is 8. The Balaban J connectivity index is 1.59. The standard InChI is InChI=1S/C34H41N3O6/c1-8-10-27(38)41-16-26-29-22(32(40-11-9-2)20(5)33-34(29)43-17-42-33)14-24-30-28-19(4)31(39-7)18(3)12-21(28)13-23(36(30)6)25(15-35)37(24)26/h9,12,23-26,30H,2,8,10-11,13-14,16-17H2,1,3-7H3/t23-,24?,25-,26-,30-/m0/s1. The fraction of sp³-hybridized carbons (Fsp3) is 0.529. The van der Waals surface area contributed by atoms with E-state index in [1.54, 1.807) is 13.2 Å². The molecule has 6 rings (SSSR count). The summed E-state index contributed by atoms with van der Waals surface area (Å²) in [4.78, 5) is 17.4. The van der Waals surface area contributed by atoms with E-state index in [-0.39, 0.29) is 37.5 Å². The summed E-state index contributed by atoms with van der Waals surface area (Å²) in [6, 6.07) is 3.87. The lowest BCUT2D eigenvalue weighted by Crippen LogP contribution is -2.68. The highest BCUT2D eigenvalue weighted by molar-refractivity contribution is 5.70. The van der Waals surface area contributed by atoms with Crippen LogP contribution in [0.4, 0.5) is 0 Å². The highest BCUT2D eigenvalue weighted by atomic mass is 16.7. The number of hydrogen-bond acceptors (Lipinski definition) is 9. The van der Waals surface area contributed by atoms with E-state index in [0.717, 1.165) is 45.7 Å². The van der Waals surface area contributed by atoms with Crippen molar-refractivity contribution in [1.29, 1.82) is 5.26 Å². The number of hydrogen-bond donors (Lipinski definition) is 0. The van der Waals surface area contributed by atoms with Gasteiger partial charge in [-0.3, -0.25) is 14.6 Å². The highest BCUT2D eigenvalue weighted by Gasteiger charge is 2.56. The van der Waals surface area contributed by atoms with Crippen LogP contribution in [0.2, 0.25) is 0 Å². The van der Waals surface area contributed by atoms with E-state index in [2.05, 4.69) is 49.4 Å². The van der Waals surface area contributed by atoms with E-state index in [4.69, 9.17) is 23.7 Å². The Kier molecular flexibility index (Phi) is 7.78. The maximum Gasteiger partial charge on any atom is 0.305 e. The molecule has 0 spiro atoms. The Bertz CT molecular complexity index is 1510. The van der Waals surface area contributed by atoms with E-state index < -0.39 is 12.1 Å². The number of nitrogens with zero attached hydrogens (tertiary/aromatic N) is 3. The lowest BCUT2D eigenvalue weighted by atomic mass is 9.71. The van der Waals surface area contributed by atoms with E-state index in [1.807, 2.05) is 13.8 Å². The molecule has 43 heavy (non-hydrogen) atoms. The largest absolute Gasteiger partial charge is 0.496 e. The van der Waals surface area contributed by atoms with Crippen molar-refractivity contribution in [2.75, 3.05) is 34.2 Å². The average molecular weight is 588 g/mol. The molecule has 228 valence electrons. The van der Waals surface area contributed by atoms with Crippen molar-refractivity contribution in [3.63, 3.8) is 0 Å². The summed E-state index contributed by atoms with van der Waals surface area (Å²) < 4.78 is 30.3. The maximum absolute atomic E-state index is 12.7. The van der Waals surface area contributed by atoms with Gasteiger partial charge < -0.3 is 23.7 Å². The Morgan fingerprint density at radius 3 is 2.60 bits per heavy atom. The van der Waals surface area contributed by atoms with Gasteiger partial charge in [0, 0.05) is 35.2 Å². The Hall–Kier alpha value is -3.74. The van der Waals surface area contributed by atoms with Crippen LogP contribution in [0.1, 0.15) is 70.8 Å². The second kappa shape index (κ2) is 11.4. The zero-order valence-corrected chi connectivity index (χ0v) is 26.0. The molecule has 2 aromatic rings. The second-order valence-electron chi connectivity index (χ2n) is 12.1. The van der Waals surface area contributed by atoms with E-state index in [1.165, 1.54) is 11.1 Å². The fourth-order valence-corrected chi connectivity index (χ4v) is 8.11. The average Bonchev–Trinajstić information content (AvgIpc) is 3.47.